The van der Waals surface area contributed by atoms with Crippen LogP contribution in [0.25, 0.3) is 0 Å². The molecule has 3 rings (SSSR count). The topological polar surface area (TPSA) is 74.0 Å². The Hall–Kier alpha value is -3.19. The smallest absolute Gasteiger partial charge is 0.240 e. The van der Waals surface area contributed by atoms with Gasteiger partial charge in [-0.1, -0.05) is 72.8 Å². The Kier molecular flexibility index (Phi) is 12.2. The van der Waals surface area contributed by atoms with Gasteiger partial charge in [0.1, 0.15) is 11.4 Å². The first-order valence-electron chi connectivity index (χ1n) is 14.4. The number of benzene rings is 3. The standard InChI is InChI=1S/C34H46N2O4/c1-6-38-32(39-7-2)25-36(23-22-30(27-14-10-8-11-15-27)28-16-12-9-13-17-28)33(37)31(35)24-26-18-20-29(21-19-26)40-34(3,4)5/h8-21,30-32H,6-7,22-25,35H2,1-5H3/t31-/m0/s1. The van der Waals surface area contributed by atoms with Crippen LogP contribution in [0.1, 0.15) is 63.6 Å². The summed E-state index contributed by atoms with van der Waals surface area (Å²) in [5, 5.41) is 0. The van der Waals surface area contributed by atoms with E-state index >= 15 is 0 Å². The van der Waals surface area contributed by atoms with Gasteiger partial charge in [-0.3, -0.25) is 4.79 Å². The Morgan fingerprint density at radius 2 is 1.35 bits per heavy atom. The van der Waals surface area contributed by atoms with E-state index in [0.29, 0.717) is 32.7 Å². The van der Waals surface area contributed by atoms with E-state index in [1.807, 2.05) is 75.9 Å². The molecule has 6 heteroatoms. The van der Waals surface area contributed by atoms with Gasteiger partial charge in [0.05, 0.1) is 12.6 Å². The van der Waals surface area contributed by atoms with E-state index in [9.17, 15) is 4.79 Å². The maximum atomic E-state index is 13.8. The Bertz CT molecular complexity index is 1080. The molecule has 1 atom stereocenters. The maximum absolute atomic E-state index is 13.8. The minimum Gasteiger partial charge on any atom is -0.488 e. The molecule has 1 amide bonds. The fourth-order valence-electron chi connectivity index (χ4n) is 4.80. The molecule has 0 fully saturated rings. The molecule has 0 bridgehead atoms. The summed E-state index contributed by atoms with van der Waals surface area (Å²) in [6, 6.07) is 28.0. The summed E-state index contributed by atoms with van der Waals surface area (Å²) in [5.74, 6) is 0.822. The van der Waals surface area contributed by atoms with E-state index in [0.717, 1.165) is 17.7 Å². The van der Waals surface area contributed by atoms with Crippen LogP contribution in [0.2, 0.25) is 0 Å². The predicted octanol–water partition coefficient (Wildman–Crippen LogP) is 6.18. The normalized spacial score (nSPS) is 12.5. The van der Waals surface area contributed by atoms with Crippen molar-refractivity contribution in [3.63, 3.8) is 0 Å². The average Bonchev–Trinajstić information content (AvgIpc) is 2.94. The molecule has 0 aliphatic rings. The van der Waals surface area contributed by atoms with Crippen LogP contribution in [0.5, 0.6) is 5.75 Å². The summed E-state index contributed by atoms with van der Waals surface area (Å²) in [7, 11) is 0. The molecule has 0 saturated carbocycles. The number of nitrogens with zero attached hydrogens (tertiary/aromatic N) is 1. The van der Waals surface area contributed by atoms with Crippen LogP contribution in [0, 0.1) is 0 Å². The first-order chi connectivity index (χ1) is 19.2. The van der Waals surface area contributed by atoms with Crippen LogP contribution in [0.4, 0.5) is 0 Å². The molecule has 216 valence electrons. The largest absolute Gasteiger partial charge is 0.488 e. The molecule has 0 saturated heterocycles. The summed E-state index contributed by atoms with van der Waals surface area (Å²) in [6.07, 6.45) is 0.669. The van der Waals surface area contributed by atoms with Gasteiger partial charge in [-0.25, -0.2) is 0 Å². The number of hydrogen-bond acceptors (Lipinski definition) is 5. The molecular weight excluding hydrogens is 500 g/mol. The van der Waals surface area contributed by atoms with E-state index in [1.165, 1.54) is 11.1 Å². The molecule has 0 aromatic heterocycles. The Labute approximate surface area is 240 Å². The van der Waals surface area contributed by atoms with Gasteiger partial charge in [-0.05, 0) is 76.3 Å². The van der Waals surface area contributed by atoms with Gasteiger partial charge in [0.2, 0.25) is 5.91 Å². The maximum Gasteiger partial charge on any atom is 0.240 e. The molecule has 0 heterocycles. The van der Waals surface area contributed by atoms with Gasteiger partial charge in [0.15, 0.2) is 6.29 Å². The number of ether oxygens (including phenoxy) is 3. The van der Waals surface area contributed by atoms with E-state index in [4.69, 9.17) is 19.9 Å². The van der Waals surface area contributed by atoms with Crippen molar-refractivity contribution in [1.29, 1.82) is 0 Å². The third kappa shape index (κ3) is 10.1. The summed E-state index contributed by atoms with van der Waals surface area (Å²) in [5.41, 5.74) is 9.68. The highest BCUT2D eigenvalue weighted by Gasteiger charge is 2.26. The van der Waals surface area contributed by atoms with E-state index in [-0.39, 0.29) is 17.4 Å². The first kappa shape index (κ1) is 31.3. The molecule has 0 spiro atoms. The zero-order valence-corrected chi connectivity index (χ0v) is 24.7. The van der Waals surface area contributed by atoms with Crippen LogP contribution in [-0.2, 0) is 20.7 Å². The minimum atomic E-state index is -0.690. The second-order valence-corrected chi connectivity index (χ2v) is 11.0. The quantitative estimate of drug-likeness (QED) is 0.230. The highest BCUT2D eigenvalue weighted by molar-refractivity contribution is 5.82. The Balaban J connectivity index is 1.78. The molecule has 0 aliphatic carbocycles. The number of carbonyl (C=O) groups is 1. The second-order valence-electron chi connectivity index (χ2n) is 11.0. The van der Waals surface area contributed by atoms with Crippen LogP contribution in [0.15, 0.2) is 84.9 Å². The SMILES string of the molecule is CCOC(CN(CCC(c1ccccc1)c1ccccc1)C(=O)[C@@H](N)Cc1ccc(OC(C)(C)C)cc1)OCC. The van der Waals surface area contributed by atoms with Crippen molar-refractivity contribution >= 4 is 5.91 Å². The first-order valence-corrected chi connectivity index (χ1v) is 14.4. The fourth-order valence-corrected chi connectivity index (χ4v) is 4.80. The summed E-state index contributed by atoms with van der Waals surface area (Å²) in [6.45, 7) is 11.7. The van der Waals surface area contributed by atoms with Crippen molar-refractivity contribution in [1.82, 2.24) is 4.90 Å². The molecule has 3 aromatic carbocycles. The van der Waals surface area contributed by atoms with Crippen LogP contribution < -0.4 is 10.5 Å². The van der Waals surface area contributed by atoms with E-state index < -0.39 is 12.3 Å². The lowest BCUT2D eigenvalue weighted by molar-refractivity contribution is -0.159. The van der Waals surface area contributed by atoms with Crippen molar-refractivity contribution < 1.29 is 19.0 Å². The lowest BCUT2D eigenvalue weighted by atomic mass is 9.88. The Morgan fingerprint density at radius 1 is 0.825 bits per heavy atom. The van der Waals surface area contributed by atoms with Gasteiger partial charge in [0.25, 0.3) is 0 Å². The van der Waals surface area contributed by atoms with Crippen molar-refractivity contribution in [2.45, 2.75) is 71.3 Å². The van der Waals surface area contributed by atoms with Crippen molar-refractivity contribution in [2.75, 3.05) is 26.3 Å². The Morgan fingerprint density at radius 3 is 1.82 bits per heavy atom. The highest BCUT2D eigenvalue weighted by atomic mass is 16.7. The van der Waals surface area contributed by atoms with E-state index in [1.54, 1.807) is 0 Å². The van der Waals surface area contributed by atoms with Crippen molar-refractivity contribution in [2.24, 2.45) is 5.73 Å². The lowest BCUT2D eigenvalue weighted by Gasteiger charge is -2.31. The molecule has 0 radical (unpaired) electrons. The van der Waals surface area contributed by atoms with Crippen LogP contribution >= 0.6 is 0 Å². The molecule has 40 heavy (non-hydrogen) atoms. The summed E-state index contributed by atoms with van der Waals surface area (Å²) in [4.78, 5) is 15.6. The van der Waals surface area contributed by atoms with E-state index in [2.05, 4.69) is 48.5 Å². The molecule has 3 aromatic rings. The molecular formula is C34H46N2O4. The molecule has 6 nitrogen and oxygen atoms in total. The number of rotatable bonds is 15. The summed E-state index contributed by atoms with van der Waals surface area (Å²) < 4.78 is 17.6. The van der Waals surface area contributed by atoms with Crippen LogP contribution in [-0.4, -0.2) is 55.0 Å². The second kappa shape index (κ2) is 15.6. The van der Waals surface area contributed by atoms with Gasteiger partial charge in [-0.15, -0.1) is 0 Å². The molecule has 0 aliphatic heterocycles. The zero-order valence-electron chi connectivity index (χ0n) is 24.7. The third-order valence-electron chi connectivity index (χ3n) is 6.60. The molecule has 2 N–H and O–H groups in total. The number of nitrogens with two attached hydrogens (primary N) is 1. The fraction of sp³-hybridized carbons (Fsp3) is 0.441. The van der Waals surface area contributed by atoms with Gasteiger partial charge >= 0.3 is 0 Å². The highest BCUT2D eigenvalue weighted by Crippen LogP contribution is 2.28. The van der Waals surface area contributed by atoms with Crippen LogP contribution in [0.3, 0.4) is 0 Å². The molecule has 0 unspecified atom stereocenters. The number of hydrogen-bond donors (Lipinski definition) is 1. The average molecular weight is 547 g/mol. The summed E-state index contributed by atoms with van der Waals surface area (Å²) >= 11 is 0. The zero-order chi connectivity index (χ0) is 29.0. The van der Waals surface area contributed by atoms with Crippen molar-refractivity contribution in [3.05, 3.63) is 102 Å². The van der Waals surface area contributed by atoms with Gasteiger partial charge in [-0.2, -0.15) is 0 Å². The number of amides is 1. The van der Waals surface area contributed by atoms with Crippen molar-refractivity contribution in [3.8, 4) is 5.75 Å². The predicted molar refractivity (Wildman–Crippen MR) is 161 cm³/mol. The minimum absolute atomic E-state index is 0.112. The third-order valence-corrected chi connectivity index (χ3v) is 6.60. The number of carbonyl (C=O) groups excluding carboxylic acids is 1. The monoisotopic (exact) mass is 546 g/mol. The lowest BCUT2D eigenvalue weighted by Crippen LogP contribution is -2.49. The van der Waals surface area contributed by atoms with Gasteiger partial charge < -0.3 is 24.8 Å². The van der Waals surface area contributed by atoms with Gasteiger partial charge in [0, 0.05) is 25.7 Å².